The summed E-state index contributed by atoms with van der Waals surface area (Å²) in [7, 11) is 0. The van der Waals surface area contributed by atoms with Gasteiger partial charge in [-0.1, -0.05) is 56.1 Å². The van der Waals surface area contributed by atoms with E-state index in [-0.39, 0.29) is 21.0 Å². The molecule has 4 N–H and O–H groups in total. The third-order valence-corrected chi connectivity index (χ3v) is 7.07. The lowest BCUT2D eigenvalue weighted by Crippen LogP contribution is -2.44. The number of hydrogen-bond donors (Lipinski definition) is 3. The van der Waals surface area contributed by atoms with Crippen LogP contribution in [0.2, 0.25) is 10.0 Å². The van der Waals surface area contributed by atoms with Gasteiger partial charge in [0.15, 0.2) is 0 Å². The topological polar surface area (TPSA) is 125 Å². The van der Waals surface area contributed by atoms with Gasteiger partial charge < -0.3 is 15.6 Å². The molecule has 2 aromatic carbocycles. The lowest BCUT2D eigenvalue weighted by Gasteiger charge is -2.37. The number of nitrogens with zero attached hydrogens (tertiary/aromatic N) is 1. The largest absolute Gasteiger partial charge is 0.462 e. The summed E-state index contributed by atoms with van der Waals surface area (Å²) in [6.07, 6.45) is -1.42. The smallest absolute Gasteiger partial charge is 0.323 e. The molecule has 0 radical (unpaired) electrons. The second kappa shape index (κ2) is 11.5. The van der Waals surface area contributed by atoms with Crippen molar-refractivity contribution in [1.29, 1.82) is 5.26 Å². The van der Waals surface area contributed by atoms with Gasteiger partial charge in [-0.05, 0) is 41.7 Å². The summed E-state index contributed by atoms with van der Waals surface area (Å²) >= 11 is 12.1. The maximum absolute atomic E-state index is 15.5. The van der Waals surface area contributed by atoms with E-state index in [2.05, 4.69) is 11.4 Å². The van der Waals surface area contributed by atoms with E-state index in [4.69, 9.17) is 33.7 Å². The molecule has 7 nitrogen and oxygen atoms in total. The van der Waals surface area contributed by atoms with Gasteiger partial charge >= 0.3 is 5.97 Å². The van der Waals surface area contributed by atoms with Gasteiger partial charge in [0.2, 0.25) is 5.91 Å². The molecule has 0 saturated carbocycles. The first-order chi connectivity index (χ1) is 17.7. The van der Waals surface area contributed by atoms with Crippen molar-refractivity contribution in [3.63, 3.8) is 0 Å². The molecule has 1 saturated heterocycles. The Balaban J connectivity index is 2.21. The summed E-state index contributed by atoms with van der Waals surface area (Å²) < 4.78 is 35.0. The van der Waals surface area contributed by atoms with E-state index in [1.165, 1.54) is 24.3 Å². The third kappa shape index (κ3) is 6.26. The van der Waals surface area contributed by atoms with Crippen LogP contribution in [0.15, 0.2) is 36.4 Å². The Kier molecular flexibility index (Phi) is 9.04. The van der Waals surface area contributed by atoms with E-state index < -0.39 is 66.1 Å². The van der Waals surface area contributed by atoms with Crippen molar-refractivity contribution in [3.8, 4) is 6.07 Å². The van der Waals surface area contributed by atoms with Crippen LogP contribution in [-0.4, -0.2) is 41.8 Å². The summed E-state index contributed by atoms with van der Waals surface area (Å²) in [4.78, 5) is 24.5. The zero-order chi connectivity index (χ0) is 28.4. The number of rotatable bonds is 8. The molecule has 1 aliphatic heterocycles. The normalized spacial score (nSPS) is 24.0. The summed E-state index contributed by atoms with van der Waals surface area (Å²) in [6.45, 7) is 5.27. The maximum atomic E-state index is 15.5. The highest BCUT2D eigenvalue weighted by atomic mass is 35.5. The molecule has 2 aromatic rings. The minimum atomic E-state index is -1.68. The Morgan fingerprint density at radius 2 is 1.89 bits per heavy atom. The number of hydrogen-bond acceptors (Lipinski definition) is 6. The highest BCUT2D eigenvalue weighted by molar-refractivity contribution is 6.31. The zero-order valence-electron chi connectivity index (χ0n) is 21.1. The first-order valence-corrected chi connectivity index (χ1v) is 12.7. The average Bonchev–Trinajstić information content (AvgIpc) is 3.12. The number of ether oxygens (including phenoxy) is 1. The number of aliphatic hydroxyl groups is 1. The van der Waals surface area contributed by atoms with E-state index in [1.54, 1.807) is 0 Å². The van der Waals surface area contributed by atoms with Crippen LogP contribution in [0.3, 0.4) is 0 Å². The SMILES string of the molecule is CC(C)(C)C[C@H]1N[C@H](C(=O)OC[C@H](O)CC(N)=O)[C@@H](c2ccc(F)c(Cl)c2)[C@]1(C#N)c1ccc(Cl)cc1F. The number of esters is 1. The minimum absolute atomic E-state index is 0.000612. The van der Waals surface area contributed by atoms with Gasteiger partial charge in [0, 0.05) is 22.5 Å². The molecule has 38 heavy (non-hydrogen) atoms. The molecule has 11 heteroatoms. The molecule has 0 aliphatic carbocycles. The van der Waals surface area contributed by atoms with Gasteiger partial charge in [0.25, 0.3) is 0 Å². The Hall–Kier alpha value is -2.77. The first-order valence-electron chi connectivity index (χ1n) is 11.9. The number of nitriles is 1. The van der Waals surface area contributed by atoms with Gasteiger partial charge in [-0.2, -0.15) is 5.26 Å². The van der Waals surface area contributed by atoms with Crippen LogP contribution in [0.1, 0.15) is 50.7 Å². The number of carbonyl (C=O) groups excluding carboxylic acids is 2. The van der Waals surface area contributed by atoms with Crippen LogP contribution in [0.5, 0.6) is 0 Å². The summed E-state index contributed by atoms with van der Waals surface area (Å²) in [5.41, 5.74) is 3.34. The summed E-state index contributed by atoms with van der Waals surface area (Å²) in [6, 6.07) is 8.02. The van der Waals surface area contributed by atoms with Crippen molar-refractivity contribution in [3.05, 3.63) is 69.2 Å². The van der Waals surface area contributed by atoms with E-state index in [0.29, 0.717) is 12.0 Å². The Bertz CT molecular complexity index is 1260. The Morgan fingerprint density at radius 3 is 2.45 bits per heavy atom. The molecule has 1 aliphatic rings. The van der Waals surface area contributed by atoms with Crippen molar-refractivity contribution in [2.75, 3.05) is 6.61 Å². The lowest BCUT2D eigenvalue weighted by atomic mass is 9.63. The maximum Gasteiger partial charge on any atom is 0.323 e. The van der Waals surface area contributed by atoms with Crippen LogP contribution < -0.4 is 11.1 Å². The van der Waals surface area contributed by atoms with Crippen molar-refractivity contribution >= 4 is 35.1 Å². The fraction of sp³-hybridized carbons (Fsp3) is 0.444. The van der Waals surface area contributed by atoms with Gasteiger partial charge in [-0.3, -0.25) is 14.9 Å². The van der Waals surface area contributed by atoms with Crippen LogP contribution in [0, 0.1) is 28.4 Å². The molecule has 0 spiro atoms. The molecule has 5 atom stereocenters. The summed E-state index contributed by atoms with van der Waals surface area (Å²) in [5.74, 6) is -4.18. The molecule has 1 fully saturated rings. The van der Waals surface area contributed by atoms with Gasteiger partial charge in [-0.25, -0.2) is 8.78 Å². The van der Waals surface area contributed by atoms with Crippen molar-refractivity contribution in [2.24, 2.45) is 11.1 Å². The number of aliphatic hydroxyl groups excluding tert-OH is 1. The van der Waals surface area contributed by atoms with Gasteiger partial charge in [0.1, 0.15) is 29.7 Å². The van der Waals surface area contributed by atoms with Crippen LogP contribution in [0.4, 0.5) is 8.78 Å². The lowest BCUT2D eigenvalue weighted by molar-refractivity contribution is -0.150. The second-order valence-corrected chi connectivity index (χ2v) is 11.5. The van der Waals surface area contributed by atoms with Crippen LogP contribution in [-0.2, 0) is 19.7 Å². The Labute approximate surface area is 229 Å². The first kappa shape index (κ1) is 29.8. The Morgan fingerprint density at radius 1 is 1.21 bits per heavy atom. The summed E-state index contributed by atoms with van der Waals surface area (Å²) in [5, 5.41) is 23.8. The molecule has 3 rings (SSSR count). The molecule has 0 bridgehead atoms. The number of nitrogens with one attached hydrogen (secondary N) is 1. The number of amides is 1. The predicted octanol–water partition coefficient (Wildman–Crippen LogP) is 4.37. The predicted molar refractivity (Wildman–Crippen MR) is 138 cm³/mol. The van der Waals surface area contributed by atoms with E-state index in [0.717, 1.165) is 12.1 Å². The fourth-order valence-corrected chi connectivity index (χ4v) is 5.42. The quantitative estimate of drug-likeness (QED) is 0.406. The van der Waals surface area contributed by atoms with Gasteiger partial charge in [0.05, 0.1) is 23.6 Å². The number of carbonyl (C=O) groups is 2. The fourth-order valence-electron chi connectivity index (χ4n) is 5.07. The number of primary amides is 1. The van der Waals surface area contributed by atoms with Crippen molar-refractivity contribution in [1.82, 2.24) is 5.32 Å². The van der Waals surface area contributed by atoms with Crippen LogP contribution >= 0.6 is 23.2 Å². The second-order valence-electron chi connectivity index (χ2n) is 10.7. The number of halogens is 4. The number of benzene rings is 2. The van der Waals surface area contributed by atoms with Crippen molar-refractivity contribution < 1.29 is 28.2 Å². The van der Waals surface area contributed by atoms with E-state index in [9.17, 15) is 24.3 Å². The molecule has 1 heterocycles. The highest BCUT2D eigenvalue weighted by Crippen LogP contribution is 2.52. The molecule has 1 amide bonds. The zero-order valence-corrected chi connectivity index (χ0v) is 22.6. The molecular weight excluding hydrogens is 539 g/mol. The molecule has 0 unspecified atom stereocenters. The monoisotopic (exact) mass is 567 g/mol. The van der Waals surface area contributed by atoms with Crippen LogP contribution in [0.25, 0.3) is 0 Å². The van der Waals surface area contributed by atoms with Crippen molar-refractivity contribution in [2.45, 2.75) is 63.1 Å². The molecular formula is C27H29Cl2F2N3O4. The standard InChI is InChI=1S/C27H29Cl2F2N3O4/c1-26(2,3)11-21-27(13-32,17-6-5-15(28)9-20(17)31)23(14-4-7-19(30)18(29)8-14)24(34-21)25(37)38-12-16(35)10-22(33)36/h4-9,16,21,23-24,34-35H,10-12H2,1-3H3,(H2,33,36)/t16-,21-,23-,24+,27-/m1/s1. The van der Waals surface area contributed by atoms with E-state index >= 15 is 4.39 Å². The average molecular weight is 568 g/mol. The third-order valence-electron chi connectivity index (χ3n) is 6.54. The van der Waals surface area contributed by atoms with Gasteiger partial charge in [-0.15, -0.1) is 0 Å². The minimum Gasteiger partial charge on any atom is -0.462 e. The molecule has 0 aromatic heterocycles. The molecule has 204 valence electrons. The van der Waals surface area contributed by atoms with E-state index in [1.807, 2.05) is 20.8 Å². The number of nitrogens with two attached hydrogens (primary N) is 1. The highest BCUT2D eigenvalue weighted by Gasteiger charge is 2.61.